The first-order valence-electron chi connectivity index (χ1n) is 11.1. The Bertz CT molecular complexity index is 1090. The zero-order chi connectivity index (χ0) is 23.9. The molecule has 0 bridgehead atoms. The van der Waals surface area contributed by atoms with Crippen LogP contribution in [-0.4, -0.2) is 39.7 Å². The molecular formula is C24H28N4O4S2. The number of hydrogen-bond acceptors (Lipinski definition) is 8. The van der Waals surface area contributed by atoms with Gasteiger partial charge in [-0.2, -0.15) is 0 Å². The molecule has 3 unspecified atom stereocenters. The van der Waals surface area contributed by atoms with Crippen molar-refractivity contribution >= 4 is 34.8 Å². The molecule has 0 aliphatic carbocycles. The van der Waals surface area contributed by atoms with Crippen LogP contribution in [0.1, 0.15) is 47.4 Å². The van der Waals surface area contributed by atoms with Crippen LogP contribution in [0.4, 0.5) is 10.5 Å². The van der Waals surface area contributed by atoms with Crippen LogP contribution in [0.15, 0.2) is 52.9 Å². The number of rotatable bonds is 8. The van der Waals surface area contributed by atoms with Gasteiger partial charge in [0, 0.05) is 30.0 Å². The molecule has 1 aliphatic heterocycles. The predicted molar refractivity (Wildman–Crippen MR) is 133 cm³/mol. The molecule has 3 aromatic rings. The number of aryl methyl sites for hydroxylation is 1. The number of nitrogens with zero attached hydrogens (tertiary/aromatic N) is 2. The number of carbonyl (C=O) groups excluding carboxylic acids is 1. The van der Waals surface area contributed by atoms with Crippen molar-refractivity contribution in [3.8, 4) is 0 Å². The van der Waals surface area contributed by atoms with Crippen LogP contribution in [-0.2, 0) is 16.1 Å². The summed E-state index contributed by atoms with van der Waals surface area (Å²) < 4.78 is 13.6. The van der Waals surface area contributed by atoms with Gasteiger partial charge < -0.3 is 25.2 Å². The smallest absolute Gasteiger partial charge is 0.319 e. The SMILES string of the molecule is CCNC(=O)Nc1cccc(C2OC(CSc3nnc(C)s3)CC(c3ccc(CO)cc3)O2)c1. The largest absolute Gasteiger partial charge is 0.392 e. The Labute approximate surface area is 207 Å². The average molecular weight is 501 g/mol. The molecule has 34 heavy (non-hydrogen) atoms. The first-order chi connectivity index (χ1) is 16.5. The van der Waals surface area contributed by atoms with Crippen molar-refractivity contribution in [2.75, 3.05) is 17.6 Å². The number of anilines is 1. The molecule has 1 fully saturated rings. The van der Waals surface area contributed by atoms with Gasteiger partial charge in [-0.05, 0) is 37.1 Å². The van der Waals surface area contributed by atoms with Gasteiger partial charge in [0.2, 0.25) is 0 Å². The molecule has 1 aliphatic rings. The molecule has 8 nitrogen and oxygen atoms in total. The lowest BCUT2D eigenvalue weighted by molar-refractivity contribution is -0.245. The van der Waals surface area contributed by atoms with Crippen LogP contribution >= 0.6 is 23.1 Å². The first kappa shape index (κ1) is 24.6. The zero-order valence-electron chi connectivity index (χ0n) is 19.1. The number of thioether (sulfide) groups is 1. The topological polar surface area (TPSA) is 106 Å². The summed E-state index contributed by atoms with van der Waals surface area (Å²) in [5, 5.41) is 24.2. The summed E-state index contributed by atoms with van der Waals surface area (Å²) in [4.78, 5) is 11.9. The van der Waals surface area contributed by atoms with E-state index in [1.54, 1.807) is 23.1 Å². The van der Waals surface area contributed by atoms with E-state index in [-0.39, 0.29) is 24.8 Å². The maximum absolute atomic E-state index is 11.9. The highest BCUT2D eigenvalue weighted by atomic mass is 32.2. The van der Waals surface area contributed by atoms with E-state index < -0.39 is 6.29 Å². The average Bonchev–Trinajstić information content (AvgIpc) is 3.28. The number of aliphatic hydroxyl groups excluding tert-OH is 1. The van der Waals surface area contributed by atoms with Crippen molar-refractivity contribution in [3.63, 3.8) is 0 Å². The molecule has 0 spiro atoms. The molecule has 0 radical (unpaired) electrons. The summed E-state index contributed by atoms with van der Waals surface area (Å²) in [5.41, 5.74) is 3.38. The number of amides is 2. The molecule has 1 aromatic heterocycles. The minimum absolute atomic E-state index is 0.00344. The van der Waals surface area contributed by atoms with Crippen molar-refractivity contribution in [2.45, 2.75) is 49.7 Å². The van der Waals surface area contributed by atoms with Crippen molar-refractivity contribution in [1.29, 1.82) is 0 Å². The molecule has 180 valence electrons. The number of hydrogen-bond donors (Lipinski definition) is 3. The van der Waals surface area contributed by atoms with Crippen LogP contribution in [0, 0.1) is 6.92 Å². The maximum atomic E-state index is 11.9. The lowest BCUT2D eigenvalue weighted by Crippen LogP contribution is -2.31. The van der Waals surface area contributed by atoms with Crippen molar-refractivity contribution in [3.05, 3.63) is 70.2 Å². The number of aliphatic hydroxyl groups is 1. The van der Waals surface area contributed by atoms with Crippen LogP contribution in [0.25, 0.3) is 0 Å². The lowest BCUT2D eigenvalue weighted by Gasteiger charge is -2.36. The molecule has 2 amide bonds. The Morgan fingerprint density at radius 1 is 1.18 bits per heavy atom. The van der Waals surface area contributed by atoms with Gasteiger partial charge in [0.25, 0.3) is 0 Å². The quantitative estimate of drug-likeness (QED) is 0.381. The molecule has 1 saturated heterocycles. The van der Waals surface area contributed by atoms with Gasteiger partial charge in [-0.1, -0.05) is 59.5 Å². The van der Waals surface area contributed by atoms with Crippen LogP contribution in [0.2, 0.25) is 0 Å². The Kier molecular flexibility index (Phi) is 8.52. The molecule has 10 heteroatoms. The molecule has 3 atom stereocenters. The maximum Gasteiger partial charge on any atom is 0.319 e. The number of ether oxygens (including phenoxy) is 2. The fourth-order valence-electron chi connectivity index (χ4n) is 3.62. The van der Waals surface area contributed by atoms with Gasteiger partial charge in [-0.3, -0.25) is 0 Å². The normalized spacial score (nSPS) is 20.1. The summed E-state index contributed by atoms with van der Waals surface area (Å²) in [6, 6.07) is 15.1. The van der Waals surface area contributed by atoms with Crippen LogP contribution < -0.4 is 10.6 Å². The predicted octanol–water partition coefficient (Wildman–Crippen LogP) is 4.82. The van der Waals surface area contributed by atoms with Gasteiger partial charge in [-0.15, -0.1) is 10.2 Å². The fraction of sp³-hybridized carbons (Fsp3) is 0.375. The second-order valence-electron chi connectivity index (χ2n) is 7.86. The molecule has 2 heterocycles. The van der Waals surface area contributed by atoms with Crippen molar-refractivity contribution in [1.82, 2.24) is 15.5 Å². The van der Waals surface area contributed by atoms with Gasteiger partial charge in [0.15, 0.2) is 10.6 Å². The highest BCUT2D eigenvalue weighted by Crippen LogP contribution is 2.40. The van der Waals surface area contributed by atoms with Crippen LogP contribution in [0.5, 0.6) is 0 Å². The fourth-order valence-corrected chi connectivity index (χ4v) is 5.48. The van der Waals surface area contributed by atoms with E-state index >= 15 is 0 Å². The van der Waals surface area contributed by atoms with E-state index in [9.17, 15) is 9.90 Å². The summed E-state index contributed by atoms with van der Waals surface area (Å²) in [6.45, 7) is 4.36. The Hall–Kier alpha value is -2.50. The van der Waals surface area contributed by atoms with Crippen molar-refractivity contribution in [2.24, 2.45) is 0 Å². The molecule has 0 saturated carbocycles. The summed E-state index contributed by atoms with van der Waals surface area (Å²) in [5.74, 6) is 0.719. The third-order valence-corrected chi connectivity index (χ3v) is 7.37. The van der Waals surface area contributed by atoms with E-state index in [4.69, 9.17) is 9.47 Å². The Balaban J connectivity index is 1.53. The molecular weight excluding hydrogens is 472 g/mol. The number of urea groups is 1. The van der Waals surface area contributed by atoms with E-state index in [2.05, 4.69) is 20.8 Å². The van der Waals surface area contributed by atoms with E-state index in [0.717, 1.165) is 31.8 Å². The molecule has 3 N–H and O–H groups in total. The molecule has 2 aromatic carbocycles. The van der Waals surface area contributed by atoms with Crippen molar-refractivity contribution < 1.29 is 19.4 Å². The van der Waals surface area contributed by atoms with E-state index in [0.29, 0.717) is 18.7 Å². The third-order valence-electron chi connectivity index (χ3n) is 5.27. The number of carbonyl (C=O) groups is 1. The molecule has 4 rings (SSSR count). The number of aromatic nitrogens is 2. The minimum atomic E-state index is -0.589. The highest BCUT2D eigenvalue weighted by Gasteiger charge is 2.32. The standard InChI is InChI=1S/C24H28N4O4S2/c1-3-25-23(30)26-19-6-4-5-18(11-19)22-31-20(14-33-24-28-27-15(2)34-24)12-21(32-22)17-9-7-16(13-29)8-10-17/h4-11,20-22,29H,3,12-14H2,1-2H3,(H2,25,26,30). The first-order valence-corrected chi connectivity index (χ1v) is 12.9. The zero-order valence-corrected chi connectivity index (χ0v) is 20.7. The Morgan fingerprint density at radius 2 is 2.00 bits per heavy atom. The summed E-state index contributed by atoms with van der Waals surface area (Å²) in [7, 11) is 0. The Morgan fingerprint density at radius 3 is 2.71 bits per heavy atom. The second-order valence-corrected chi connectivity index (χ2v) is 10.3. The van der Waals surface area contributed by atoms with E-state index in [1.165, 1.54) is 0 Å². The summed E-state index contributed by atoms with van der Waals surface area (Å²) in [6.07, 6.45) is -0.144. The highest BCUT2D eigenvalue weighted by molar-refractivity contribution is 8.01. The van der Waals surface area contributed by atoms with Gasteiger partial charge in [-0.25, -0.2) is 4.79 Å². The van der Waals surface area contributed by atoms with E-state index in [1.807, 2.05) is 62.4 Å². The monoisotopic (exact) mass is 500 g/mol. The number of benzene rings is 2. The minimum Gasteiger partial charge on any atom is -0.392 e. The van der Waals surface area contributed by atoms with Gasteiger partial charge in [0.1, 0.15) is 5.01 Å². The van der Waals surface area contributed by atoms with Crippen LogP contribution in [0.3, 0.4) is 0 Å². The van der Waals surface area contributed by atoms with Gasteiger partial charge in [0.05, 0.1) is 18.8 Å². The van der Waals surface area contributed by atoms with Gasteiger partial charge >= 0.3 is 6.03 Å². The third kappa shape index (κ3) is 6.55. The number of nitrogens with one attached hydrogen (secondary N) is 2. The summed E-state index contributed by atoms with van der Waals surface area (Å²) >= 11 is 3.20. The lowest BCUT2D eigenvalue weighted by atomic mass is 10.0. The second kappa shape index (κ2) is 11.8.